The Balaban J connectivity index is 0.000000187. The van der Waals surface area contributed by atoms with E-state index in [9.17, 15) is 0 Å². The van der Waals surface area contributed by atoms with E-state index in [0.29, 0.717) is 0 Å². The highest BCUT2D eigenvalue weighted by Gasteiger charge is 1.77. The Morgan fingerprint density at radius 1 is 1.56 bits per heavy atom. The average molecular weight is 164 g/mol. The van der Waals surface area contributed by atoms with Gasteiger partial charge in [-0.3, -0.25) is 0 Å². The maximum Gasteiger partial charge on any atom is 0.432 e. The molecular weight excluding hydrogens is 158 g/mol. The quantitative estimate of drug-likeness (QED) is 0.553. The van der Waals surface area contributed by atoms with E-state index in [1.807, 2.05) is 16.8 Å². The molecule has 0 amide bonds. The Hall–Kier alpha value is -0.0251. The van der Waals surface area contributed by atoms with Crippen LogP contribution in [0.3, 0.4) is 0 Å². The van der Waals surface area contributed by atoms with Gasteiger partial charge in [-0.25, -0.2) is 0 Å². The first-order chi connectivity index (χ1) is 4.31. The molecule has 0 aliphatic heterocycles. The molecule has 0 aromatic carbocycles. The van der Waals surface area contributed by atoms with Crippen LogP contribution >= 0.6 is 22.9 Å². The van der Waals surface area contributed by atoms with Crippen molar-refractivity contribution in [3.8, 4) is 0 Å². The standard InChI is InChI=1S/C4H3ClS.BH3O2/c5-4-1-2-6-3-4;2-1-3/h1-3H;1-3H. The molecule has 1 heterocycles. The molecule has 0 fully saturated rings. The molecule has 2 nitrogen and oxygen atoms in total. The predicted octanol–water partition coefficient (Wildman–Crippen LogP) is 0.639. The Labute approximate surface area is 63.0 Å². The normalized spacial score (nSPS) is 7.44. The fourth-order valence-electron chi connectivity index (χ4n) is 0.248. The van der Waals surface area contributed by atoms with Crippen LogP contribution in [0.4, 0.5) is 0 Å². The molecule has 2 N–H and O–H groups in total. The minimum atomic E-state index is -0.750. The van der Waals surface area contributed by atoms with Crippen molar-refractivity contribution in [3.63, 3.8) is 0 Å². The SMILES string of the molecule is Clc1ccsc1.OBO. The van der Waals surface area contributed by atoms with Crippen LogP contribution < -0.4 is 0 Å². The maximum absolute atomic E-state index is 7.12. The lowest BCUT2D eigenvalue weighted by atomic mass is 10.5. The van der Waals surface area contributed by atoms with Crippen molar-refractivity contribution in [1.29, 1.82) is 0 Å². The minimum absolute atomic E-state index is 0.750. The Bertz CT molecular complexity index is 133. The summed E-state index contributed by atoms with van der Waals surface area (Å²) in [6.07, 6.45) is 0. The summed E-state index contributed by atoms with van der Waals surface area (Å²) in [5.74, 6) is 0. The largest absolute Gasteiger partial charge is 0.432 e. The van der Waals surface area contributed by atoms with E-state index in [0.717, 1.165) is 5.02 Å². The van der Waals surface area contributed by atoms with Gasteiger partial charge < -0.3 is 10.0 Å². The monoisotopic (exact) mass is 164 g/mol. The second-order valence-electron chi connectivity index (χ2n) is 1.08. The Morgan fingerprint density at radius 2 is 2.11 bits per heavy atom. The van der Waals surface area contributed by atoms with Gasteiger partial charge in [0.25, 0.3) is 0 Å². The van der Waals surface area contributed by atoms with Crippen LogP contribution in [0.25, 0.3) is 0 Å². The number of hydrogen-bond donors (Lipinski definition) is 2. The van der Waals surface area contributed by atoms with Crippen LogP contribution in [-0.2, 0) is 0 Å². The first-order valence-electron chi connectivity index (χ1n) is 2.20. The number of hydrogen-bond acceptors (Lipinski definition) is 3. The van der Waals surface area contributed by atoms with E-state index in [1.54, 1.807) is 11.3 Å². The summed E-state index contributed by atoms with van der Waals surface area (Å²) >= 11 is 7.07. The molecule has 1 aromatic heterocycles. The molecular formula is C4H6BClO2S. The zero-order chi connectivity index (χ0) is 7.11. The third-order valence-electron chi connectivity index (χ3n) is 0.486. The van der Waals surface area contributed by atoms with E-state index in [-0.39, 0.29) is 0 Å². The zero-order valence-corrected chi connectivity index (χ0v) is 6.19. The van der Waals surface area contributed by atoms with E-state index in [1.165, 1.54) is 0 Å². The predicted molar refractivity (Wildman–Crippen MR) is 40.9 cm³/mol. The van der Waals surface area contributed by atoms with Crippen molar-refractivity contribution < 1.29 is 10.0 Å². The summed E-state index contributed by atoms with van der Waals surface area (Å²) in [7, 11) is -0.750. The minimum Gasteiger partial charge on any atom is -0.430 e. The summed E-state index contributed by atoms with van der Waals surface area (Å²) in [5.41, 5.74) is 0. The lowest BCUT2D eigenvalue weighted by Crippen LogP contribution is -1.75. The molecule has 0 spiro atoms. The first-order valence-corrected chi connectivity index (χ1v) is 3.52. The van der Waals surface area contributed by atoms with Gasteiger partial charge in [-0.2, -0.15) is 11.3 Å². The summed E-state index contributed by atoms with van der Waals surface area (Å²) in [6, 6.07) is 1.87. The van der Waals surface area contributed by atoms with Crippen LogP contribution in [0, 0.1) is 0 Å². The highest BCUT2D eigenvalue weighted by atomic mass is 35.5. The van der Waals surface area contributed by atoms with Gasteiger partial charge in [0, 0.05) is 5.38 Å². The molecule has 0 aliphatic carbocycles. The molecule has 0 saturated heterocycles. The smallest absolute Gasteiger partial charge is 0.430 e. The zero-order valence-electron chi connectivity index (χ0n) is 4.62. The molecule has 0 bridgehead atoms. The molecule has 0 atom stereocenters. The van der Waals surface area contributed by atoms with E-state index in [4.69, 9.17) is 21.6 Å². The van der Waals surface area contributed by atoms with Crippen LogP contribution in [0.2, 0.25) is 5.02 Å². The lowest BCUT2D eigenvalue weighted by Gasteiger charge is -1.61. The summed E-state index contributed by atoms with van der Waals surface area (Å²) in [4.78, 5) is 0. The van der Waals surface area contributed by atoms with Gasteiger partial charge >= 0.3 is 7.69 Å². The molecule has 1 aromatic rings. The van der Waals surface area contributed by atoms with Crippen molar-refractivity contribution in [3.05, 3.63) is 21.8 Å². The summed E-state index contributed by atoms with van der Waals surface area (Å²) in [5, 5.41) is 18.9. The van der Waals surface area contributed by atoms with E-state index < -0.39 is 7.69 Å². The Morgan fingerprint density at radius 3 is 2.22 bits per heavy atom. The Kier molecular flexibility index (Phi) is 6.08. The summed E-state index contributed by atoms with van der Waals surface area (Å²) < 4.78 is 0. The topological polar surface area (TPSA) is 40.5 Å². The van der Waals surface area contributed by atoms with Gasteiger partial charge in [0.1, 0.15) is 0 Å². The molecule has 50 valence electrons. The number of thiophene rings is 1. The molecule has 0 radical (unpaired) electrons. The number of halogens is 1. The van der Waals surface area contributed by atoms with Crippen molar-refractivity contribution in [2.45, 2.75) is 0 Å². The van der Waals surface area contributed by atoms with Gasteiger partial charge in [-0.15, -0.1) is 0 Å². The van der Waals surface area contributed by atoms with Crippen LogP contribution in [0.15, 0.2) is 16.8 Å². The van der Waals surface area contributed by atoms with Crippen molar-refractivity contribution in [2.24, 2.45) is 0 Å². The van der Waals surface area contributed by atoms with E-state index >= 15 is 0 Å². The molecule has 0 unspecified atom stereocenters. The molecule has 9 heavy (non-hydrogen) atoms. The highest BCUT2D eigenvalue weighted by Crippen LogP contribution is 2.10. The third kappa shape index (κ3) is 5.85. The van der Waals surface area contributed by atoms with Gasteiger partial charge in [0.15, 0.2) is 0 Å². The summed E-state index contributed by atoms with van der Waals surface area (Å²) in [6.45, 7) is 0. The second kappa shape index (κ2) is 6.10. The molecule has 0 saturated carbocycles. The van der Waals surface area contributed by atoms with Crippen molar-refractivity contribution in [2.75, 3.05) is 0 Å². The highest BCUT2D eigenvalue weighted by molar-refractivity contribution is 7.08. The lowest BCUT2D eigenvalue weighted by molar-refractivity contribution is 0.448. The van der Waals surface area contributed by atoms with Gasteiger partial charge in [0.2, 0.25) is 0 Å². The molecule has 1 rings (SSSR count). The fraction of sp³-hybridized carbons (Fsp3) is 0. The van der Waals surface area contributed by atoms with Crippen molar-refractivity contribution >= 4 is 30.6 Å². The number of rotatable bonds is 0. The maximum atomic E-state index is 7.12. The van der Waals surface area contributed by atoms with E-state index in [2.05, 4.69) is 0 Å². The molecule has 0 aliphatic rings. The fourth-order valence-corrected chi connectivity index (χ4v) is 1.05. The second-order valence-corrected chi connectivity index (χ2v) is 2.30. The third-order valence-corrected chi connectivity index (χ3v) is 1.53. The average Bonchev–Trinajstić information content (AvgIpc) is 2.20. The van der Waals surface area contributed by atoms with Crippen LogP contribution in [-0.4, -0.2) is 17.7 Å². The molecule has 5 heteroatoms. The van der Waals surface area contributed by atoms with Gasteiger partial charge in [-0.05, 0) is 11.4 Å². The van der Waals surface area contributed by atoms with Crippen LogP contribution in [0.1, 0.15) is 0 Å². The van der Waals surface area contributed by atoms with Crippen LogP contribution in [0.5, 0.6) is 0 Å². The van der Waals surface area contributed by atoms with Gasteiger partial charge in [0.05, 0.1) is 5.02 Å². The van der Waals surface area contributed by atoms with Crippen molar-refractivity contribution in [1.82, 2.24) is 0 Å². The van der Waals surface area contributed by atoms with Gasteiger partial charge in [-0.1, -0.05) is 11.6 Å². The first kappa shape index (κ1) is 8.97.